The molecule has 0 aromatic carbocycles. The Morgan fingerprint density at radius 2 is 2.15 bits per heavy atom. The molecule has 0 bridgehead atoms. The summed E-state index contributed by atoms with van der Waals surface area (Å²) in [6.45, 7) is 6.39. The van der Waals surface area contributed by atoms with E-state index in [1.54, 1.807) is 13.2 Å². The summed E-state index contributed by atoms with van der Waals surface area (Å²) in [5.41, 5.74) is 1.12. The van der Waals surface area contributed by atoms with Crippen LogP contribution in [0.15, 0.2) is 23.3 Å². The highest BCUT2D eigenvalue weighted by atomic mass is 127. The topological polar surface area (TPSA) is 58.5 Å². The number of aromatic nitrogens is 1. The Kier molecular flexibility index (Phi) is 11.1. The van der Waals surface area contributed by atoms with Crippen molar-refractivity contribution in [3.8, 4) is 5.88 Å². The van der Waals surface area contributed by atoms with Gasteiger partial charge in [-0.2, -0.15) is 0 Å². The van der Waals surface area contributed by atoms with Gasteiger partial charge in [-0.3, -0.25) is 4.99 Å². The van der Waals surface area contributed by atoms with Gasteiger partial charge in [-0.05, 0) is 25.0 Å². The molecule has 0 atom stereocenters. The molecule has 114 valence electrons. The van der Waals surface area contributed by atoms with Gasteiger partial charge in [-0.1, -0.05) is 13.3 Å². The average Bonchev–Trinajstić information content (AvgIpc) is 2.43. The minimum atomic E-state index is 0. The van der Waals surface area contributed by atoms with Crippen molar-refractivity contribution in [1.29, 1.82) is 0 Å². The smallest absolute Gasteiger partial charge is 0.213 e. The minimum absolute atomic E-state index is 0. The number of nitrogens with zero attached hydrogens (tertiary/aromatic N) is 2. The summed E-state index contributed by atoms with van der Waals surface area (Å²) in [6, 6.07) is 3.91. The summed E-state index contributed by atoms with van der Waals surface area (Å²) in [5, 5.41) is 6.54. The molecule has 5 nitrogen and oxygen atoms in total. The van der Waals surface area contributed by atoms with Crippen molar-refractivity contribution >= 4 is 29.9 Å². The summed E-state index contributed by atoms with van der Waals surface area (Å²) in [4.78, 5) is 8.32. The van der Waals surface area contributed by atoms with Gasteiger partial charge in [-0.15, -0.1) is 24.0 Å². The molecule has 2 N–H and O–H groups in total. The Morgan fingerprint density at radius 3 is 2.80 bits per heavy atom. The van der Waals surface area contributed by atoms with E-state index in [0.717, 1.165) is 24.5 Å². The second-order valence-corrected chi connectivity index (χ2v) is 4.14. The number of hydrogen-bond acceptors (Lipinski definition) is 3. The second-order valence-electron chi connectivity index (χ2n) is 4.14. The lowest BCUT2D eigenvalue weighted by Crippen LogP contribution is -2.37. The zero-order valence-electron chi connectivity index (χ0n) is 12.5. The van der Waals surface area contributed by atoms with E-state index < -0.39 is 0 Å². The van der Waals surface area contributed by atoms with E-state index in [4.69, 9.17) is 4.74 Å². The molecule has 0 spiro atoms. The lowest BCUT2D eigenvalue weighted by molar-refractivity contribution is 0.326. The van der Waals surface area contributed by atoms with Crippen molar-refractivity contribution < 1.29 is 4.74 Å². The Morgan fingerprint density at radius 1 is 1.35 bits per heavy atom. The van der Waals surface area contributed by atoms with Gasteiger partial charge in [0.25, 0.3) is 0 Å². The monoisotopic (exact) mass is 392 g/mol. The van der Waals surface area contributed by atoms with Crippen LogP contribution < -0.4 is 15.4 Å². The Labute approximate surface area is 138 Å². The van der Waals surface area contributed by atoms with Crippen LogP contribution in [0.1, 0.15) is 32.3 Å². The third-order valence-corrected chi connectivity index (χ3v) is 2.60. The van der Waals surface area contributed by atoms with Gasteiger partial charge in [0.1, 0.15) is 0 Å². The van der Waals surface area contributed by atoms with Crippen molar-refractivity contribution in [3.05, 3.63) is 23.9 Å². The van der Waals surface area contributed by atoms with Crippen LogP contribution in [-0.4, -0.2) is 31.1 Å². The minimum Gasteiger partial charge on any atom is -0.478 e. The number of nitrogens with one attached hydrogen (secondary N) is 2. The number of pyridine rings is 1. The number of aliphatic imine (C=N–C) groups is 1. The fourth-order valence-corrected chi connectivity index (χ4v) is 1.58. The predicted molar refractivity (Wildman–Crippen MR) is 93.9 cm³/mol. The Balaban J connectivity index is 0.00000361. The quantitative estimate of drug-likeness (QED) is 0.324. The van der Waals surface area contributed by atoms with Crippen LogP contribution in [0.5, 0.6) is 5.88 Å². The van der Waals surface area contributed by atoms with Gasteiger partial charge < -0.3 is 15.4 Å². The van der Waals surface area contributed by atoms with Crippen LogP contribution in [0.3, 0.4) is 0 Å². The second kappa shape index (κ2) is 11.7. The van der Waals surface area contributed by atoms with Crippen LogP contribution in [0.4, 0.5) is 0 Å². The molecule has 1 aromatic heterocycles. The summed E-state index contributed by atoms with van der Waals surface area (Å²) in [7, 11) is 1.78. The molecule has 0 aliphatic rings. The van der Waals surface area contributed by atoms with Crippen molar-refractivity contribution in [2.75, 3.05) is 20.2 Å². The first-order valence-electron chi connectivity index (χ1n) is 6.82. The molecule has 6 heteroatoms. The van der Waals surface area contributed by atoms with E-state index in [1.165, 1.54) is 6.42 Å². The van der Waals surface area contributed by atoms with Gasteiger partial charge in [0.15, 0.2) is 5.96 Å². The SMILES string of the molecule is CCCCNC(=NC)NCc1ccnc(OCC)c1.I. The number of guanidine groups is 1. The Hall–Kier alpha value is -1.05. The van der Waals surface area contributed by atoms with Crippen molar-refractivity contribution in [1.82, 2.24) is 15.6 Å². The zero-order valence-corrected chi connectivity index (χ0v) is 14.8. The fraction of sp³-hybridized carbons (Fsp3) is 0.571. The molecule has 0 fully saturated rings. The first-order chi connectivity index (χ1) is 9.30. The summed E-state index contributed by atoms with van der Waals surface area (Å²) in [5.74, 6) is 1.49. The van der Waals surface area contributed by atoms with Crippen LogP contribution in [0.25, 0.3) is 0 Å². The number of unbranched alkanes of at least 4 members (excludes halogenated alkanes) is 1. The Bertz CT molecular complexity index is 399. The van der Waals surface area contributed by atoms with E-state index in [2.05, 4.69) is 27.5 Å². The molecule has 0 unspecified atom stereocenters. The largest absolute Gasteiger partial charge is 0.478 e. The van der Waals surface area contributed by atoms with Crippen LogP contribution >= 0.6 is 24.0 Å². The summed E-state index contributed by atoms with van der Waals surface area (Å²) in [6.07, 6.45) is 4.08. The average molecular weight is 392 g/mol. The molecule has 20 heavy (non-hydrogen) atoms. The van der Waals surface area contributed by atoms with Crippen molar-refractivity contribution in [2.45, 2.75) is 33.2 Å². The van der Waals surface area contributed by atoms with E-state index >= 15 is 0 Å². The van der Waals surface area contributed by atoms with Gasteiger partial charge in [0, 0.05) is 32.4 Å². The molecule has 0 aliphatic heterocycles. The number of halogens is 1. The maximum Gasteiger partial charge on any atom is 0.213 e. The molecule has 0 radical (unpaired) electrons. The molecule has 0 amide bonds. The van der Waals surface area contributed by atoms with Crippen molar-refractivity contribution in [2.24, 2.45) is 4.99 Å². The highest BCUT2D eigenvalue weighted by Crippen LogP contribution is 2.08. The molecule has 0 aliphatic carbocycles. The molecular weight excluding hydrogens is 367 g/mol. The molecular formula is C14H25IN4O. The lowest BCUT2D eigenvalue weighted by Gasteiger charge is -2.12. The first kappa shape index (κ1) is 18.9. The lowest BCUT2D eigenvalue weighted by atomic mass is 10.2. The van der Waals surface area contributed by atoms with Gasteiger partial charge in [-0.25, -0.2) is 4.98 Å². The first-order valence-corrected chi connectivity index (χ1v) is 6.82. The van der Waals surface area contributed by atoms with Gasteiger partial charge >= 0.3 is 0 Å². The van der Waals surface area contributed by atoms with E-state index in [1.807, 2.05) is 19.1 Å². The summed E-state index contributed by atoms with van der Waals surface area (Å²) >= 11 is 0. The highest BCUT2D eigenvalue weighted by Gasteiger charge is 2.00. The zero-order chi connectivity index (χ0) is 13.9. The van der Waals surface area contributed by atoms with E-state index in [9.17, 15) is 0 Å². The number of rotatable bonds is 7. The molecule has 1 rings (SSSR count). The standard InChI is InChI=1S/C14H24N4O.HI/c1-4-6-8-17-14(15-3)18-11-12-7-9-16-13(10-12)19-5-2;/h7,9-10H,4-6,8,11H2,1-3H3,(H2,15,17,18);1H. The highest BCUT2D eigenvalue weighted by molar-refractivity contribution is 14.0. The predicted octanol–water partition coefficient (Wildman–Crippen LogP) is 2.56. The maximum absolute atomic E-state index is 5.37. The van der Waals surface area contributed by atoms with Crippen molar-refractivity contribution in [3.63, 3.8) is 0 Å². The molecule has 1 aromatic rings. The van der Waals surface area contributed by atoms with Gasteiger partial charge in [0.05, 0.1) is 6.61 Å². The normalized spacial score (nSPS) is 10.7. The van der Waals surface area contributed by atoms with E-state index in [0.29, 0.717) is 19.0 Å². The van der Waals surface area contributed by atoms with Gasteiger partial charge in [0.2, 0.25) is 5.88 Å². The fourth-order valence-electron chi connectivity index (χ4n) is 1.58. The van der Waals surface area contributed by atoms with Crippen LogP contribution in [0.2, 0.25) is 0 Å². The summed E-state index contributed by atoms with van der Waals surface area (Å²) < 4.78 is 5.37. The molecule has 0 saturated carbocycles. The van der Waals surface area contributed by atoms with Crippen LogP contribution in [0, 0.1) is 0 Å². The number of ether oxygens (including phenoxy) is 1. The molecule has 0 saturated heterocycles. The maximum atomic E-state index is 5.37. The van der Waals surface area contributed by atoms with Crippen LogP contribution in [-0.2, 0) is 6.54 Å². The number of hydrogen-bond donors (Lipinski definition) is 2. The molecule has 1 heterocycles. The van der Waals surface area contributed by atoms with E-state index in [-0.39, 0.29) is 24.0 Å². The third-order valence-electron chi connectivity index (χ3n) is 2.60. The third kappa shape index (κ3) is 7.52.